The molecule has 1 aromatic heterocycles. The van der Waals surface area contributed by atoms with Crippen molar-refractivity contribution in [3.63, 3.8) is 0 Å². The third kappa shape index (κ3) is 2.87. The average Bonchev–Trinajstić information content (AvgIpc) is 2.53. The monoisotopic (exact) mass is 183 g/mol. The minimum atomic E-state index is -0.0384. The van der Waals surface area contributed by atoms with Crippen molar-refractivity contribution in [1.29, 1.82) is 0 Å². The first-order valence-corrected chi connectivity index (χ1v) is 4.19. The molecule has 1 aromatic rings. The molecule has 0 atom stereocenters. The third-order valence-corrected chi connectivity index (χ3v) is 1.57. The lowest BCUT2D eigenvalue weighted by Crippen LogP contribution is -2.08. The largest absolute Gasteiger partial charge is 0.394 e. The summed E-state index contributed by atoms with van der Waals surface area (Å²) in [6.07, 6.45) is 3.69. The van der Waals surface area contributed by atoms with Gasteiger partial charge in [-0.25, -0.2) is 0 Å². The van der Waals surface area contributed by atoms with E-state index >= 15 is 0 Å². The van der Waals surface area contributed by atoms with E-state index in [2.05, 4.69) is 10.4 Å². The van der Waals surface area contributed by atoms with Gasteiger partial charge in [0.1, 0.15) is 0 Å². The van der Waals surface area contributed by atoms with Crippen LogP contribution in [0.4, 0.5) is 5.69 Å². The maximum absolute atomic E-state index is 11.0. The van der Waals surface area contributed by atoms with Crippen molar-refractivity contribution < 1.29 is 9.90 Å². The van der Waals surface area contributed by atoms with E-state index in [1.807, 2.05) is 0 Å². The third-order valence-electron chi connectivity index (χ3n) is 1.57. The van der Waals surface area contributed by atoms with Crippen LogP contribution in [0.5, 0.6) is 0 Å². The number of carbonyl (C=O) groups excluding carboxylic acids is 1. The highest BCUT2D eigenvalue weighted by molar-refractivity contribution is 5.90. The zero-order valence-corrected chi connectivity index (χ0v) is 7.53. The van der Waals surface area contributed by atoms with Gasteiger partial charge in [-0.3, -0.25) is 9.48 Å². The van der Waals surface area contributed by atoms with Gasteiger partial charge in [0.05, 0.1) is 25.0 Å². The van der Waals surface area contributed by atoms with Gasteiger partial charge in [-0.2, -0.15) is 5.10 Å². The van der Waals surface area contributed by atoms with E-state index in [0.717, 1.165) is 0 Å². The van der Waals surface area contributed by atoms with Crippen LogP contribution in [0.2, 0.25) is 0 Å². The first-order chi connectivity index (χ1) is 6.26. The second kappa shape index (κ2) is 4.61. The number of hydrogen-bond acceptors (Lipinski definition) is 3. The molecule has 5 heteroatoms. The van der Waals surface area contributed by atoms with E-state index in [1.165, 1.54) is 0 Å². The van der Waals surface area contributed by atoms with Gasteiger partial charge in [-0.05, 0) is 0 Å². The first kappa shape index (κ1) is 9.73. The summed E-state index contributed by atoms with van der Waals surface area (Å²) < 4.78 is 1.57. The standard InChI is InChI=1S/C8H13N3O2/c1-2-8(13)10-7-5-9-11(6-7)3-4-12/h5-6,12H,2-4H2,1H3,(H,10,13). The molecule has 0 saturated heterocycles. The molecule has 1 amide bonds. The van der Waals surface area contributed by atoms with Gasteiger partial charge in [-0.1, -0.05) is 6.92 Å². The lowest BCUT2D eigenvalue weighted by atomic mass is 10.4. The number of carbonyl (C=O) groups is 1. The number of aliphatic hydroxyl groups is 1. The molecule has 0 saturated carbocycles. The fourth-order valence-corrected chi connectivity index (χ4v) is 0.902. The molecule has 0 fully saturated rings. The maximum Gasteiger partial charge on any atom is 0.224 e. The minimum absolute atomic E-state index is 0.0384. The fourth-order valence-electron chi connectivity index (χ4n) is 0.902. The van der Waals surface area contributed by atoms with Crippen molar-refractivity contribution in [2.45, 2.75) is 19.9 Å². The molecular formula is C8H13N3O2. The van der Waals surface area contributed by atoms with Crippen LogP contribution in [0.25, 0.3) is 0 Å². The number of nitrogens with one attached hydrogen (secondary N) is 1. The predicted octanol–water partition coefficient (Wildman–Crippen LogP) is 0.224. The zero-order chi connectivity index (χ0) is 9.68. The van der Waals surface area contributed by atoms with E-state index in [1.54, 1.807) is 24.0 Å². The number of hydrogen-bond donors (Lipinski definition) is 2. The van der Waals surface area contributed by atoms with E-state index in [0.29, 0.717) is 18.7 Å². The van der Waals surface area contributed by atoms with Gasteiger partial charge in [0.2, 0.25) is 5.91 Å². The molecule has 0 aliphatic heterocycles. The molecule has 0 aliphatic rings. The highest BCUT2D eigenvalue weighted by Gasteiger charge is 2.00. The Morgan fingerprint density at radius 1 is 1.77 bits per heavy atom. The summed E-state index contributed by atoms with van der Waals surface area (Å²) in [5.41, 5.74) is 0.667. The molecule has 1 heterocycles. The fraction of sp³-hybridized carbons (Fsp3) is 0.500. The molecule has 5 nitrogen and oxygen atoms in total. The van der Waals surface area contributed by atoms with Crippen molar-refractivity contribution >= 4 is 11.6 Å². The molecule has 0 spiro atoms. The van der Waals surface area contributed by atoms with Crippen LogP contribution in [0.15, 0.2) is 12.4 Å². The number of anilines is 1. The second-order valence-corrected chi connectivity index (χ2v) is 2.62. The van der Waals surface area contributed by atoms with Crippen LogP contribution >= 0.6 is 0 Å². The molecule has 0 aromatic carbocycles. The normalized spacial score (nSPS) is 10.0. The lowest BCUT2D eigenvalue weighted by molar-refractivity contribution is -0.115. The first-order valence-electron chi connectivity index (χ1n) is 4.19. The number of aliphatic hydroxyl groups excluding tert-OH is 1. The molecule has 0 bridgehead atoms. The number of aromatic nitrogens is 2. The Labute approximate surface area is 76.4 Å². The zero-order valence-electron chi connectivity index (χ0n) is 7.53. The minimum Gasteiger partial charge on any atom is -0.394 e. The second-order valence-electron chi connectivity index (χ2n) is 2.62. The van der Waals surface area contributed by atoms with E-state index < -0.39 is 0 Å². The summed E-state index contributed by atoms with van der Waals surface area (Å²) >= 11 is 0. The van der Waals surface area contributed by atoms with Crippen LogP contribution in [0.3, 0.4) is 0 Å². The molecule has 1 rings (SSSR count). The quantitative estimate of drug-likeness (QED) is 0.701. The van der Waals surface area contributed by atoms with Gasteiger partial charge < -0.3 is 10.4 Å². The van der Waals surface area contributed by atoms with Gasteiger partial charge in [0.25, 0.3) is 0 Å². The summed E-state index contributed by atoms with van der Waals surface area (Å²) in [6, 6.07) is 0. The van der Waals surface area contributed by atoms with Gasteiger partial charge in [0.15, 0.2) is 0 Å². The topological polar surface area (TPSA) is 67.2 Å². The summed E-state index contributed by atoms with van der Waals surface area (Å²) in [5, 5.41) is 15.2. The Balaban J connectivity index is 2.53. The molecule has 0 radical (unpaired) electrons. The molecule has 13 heavy (non-hydrogen) atoms. The van der Waals surface area contributed by atoms with Crippen LogP contribution in [0.1, 0.15) is 13.3 Å². The Bertz CT molecular complexity index is 283. The highest BCUT2D eigenvalue weighted by Crippen LogP contribution is 2.04. The van der Waals surface area contributed by atoms with Crippen LogP contribution < -0.4 is 5.32 Å². The van der Waals surface area contributed by atoms with Crippen LogP contribution in [-0.2, 0) is 11.3 Å². The molecule has 0 unspecified atom stereocenters. The average molecular weight is 183 g/mol. The molecular weight excluding hydrogens is 170 g/mol. The smallest absolute Gasteiger partial charge is 0.224 e. The van der Waals surface area contributed by atoms with Crippen molar-refractivity contribution in [1.82, 2.24) is 9.78 Å². The highest BCUT2D eigenvalue weighted by atomic mass is 16.3. The Morgan fingerprint density at radius 2 is 2.54 bits per heavy atom. The maximum atomic E-state index is 11.0. The van der Waals surface area contributed by atoms with E-state index in [9.17, 15) is 4.79 Å². The van der Waals surface area contributed by atoms with Gasteiger partial charge >= 0.3 is 0 Å². The van der Waals surface area contributed by atoms with Crippen LogP contribution in [-0.4, -0.2) is 27.4 Å². The lowest BCUT2D eigenvalue weighted by Gasteiger charge is -1.97. The molecule has 2 N–H and O–H groups in total. The van der Waals surface area contributed by atoms with Crippen molar-refractivity contribution in [2.75, 3.05) is 11.9 Å². The van der Waals surface area contributed by atoms with Gasteiger partial charge in [-0.15, -0.1) is 0 Å². The molecule has 72 valence electrons. The van der Waals surface area contributed by atoms with Crippen molar-refractivity contribution in [3.05, 3.63) is 12.4 Å². The predicted molar refractivity (Wildman–Crippen MR) is 48.2 cm³/mol. The SMILES string of the molecule is CCC(=O)Nc1cnn(CCO)c1. The van der Waals surface area contributed by atoms with Crippen molar-refractivity contribution in [3.8, 4) is 0 Å². The Hall–Kier alpha value is -1.36. The van der Waals surface area contributed by atoms with Crippen molar-refractivity contribution in [2.24, 2.45) is 0 Å². The number of amides is 1. The molecule has 0 aliphatic carbocycles. The summed E-state index contributed by atoms with van der Waals surface area (Å²) in [7, 11) is 0. The summed E-state index contributed by atoms with van der Waals surface area (Å²) in [6.45, 7) is 2.28. The number of nitrogens with zero attached hydrogens (tertiary/aromatic N) is 2. The summed E-state index contributed by atoms with van der Waals surface area (Å²) in [5.74, 6) is -0.0384. The summed E-state index contributed by atoms with van der Waals surface area (Å²) in [4.78, 5) is 11.0. The van der Waals surface area contributed by atoms with E-state index in [4.69, 9.17) is 5.11 Å². The number of rotatable bonds is 4. The van der Waals surface area contributed by atoms with Crippen LogP contribution in [0, 0.1) is 0 Å². The Morgan fingerprint density at radius 3 is 3.15 bits per heavy atom. The Kier molecular flexibility index (Phi) is 3.45. The van der Waals surface area contributed by atoms with Gasteiger partial charge in [0, 0.05) is 12.6 Å². The van der Waals surface area contributed by atoms with E-state index in [-0.39, 0.29) is 12.5 Å².